The molecule has 1 amide bonds. The van der Waals surface area contributed by atoms with Gasteiger partial charge >= 0.3 is 0 Å². The molecule has 8 nitrogen and oxygen atoms in total. The van der Waals surface area contributed by atoms with Gasteiger partial charge in [0.25, 0.3) is 5.91 Å². The summed E-state index contributed by atoms with van der Waals surface area (Å²) in [5, 5.41) is 0. The first-order valence-electron chi connectivity index (χ1n) is 9.22. The Labute approximate surface area is 178 Å². The van der Waals surface area contributed by atoms with Crippen LogP contribution in [-0.4, -0.2) is 64.7 Å². The maximum absolute atomic E-state index is 12.4. The van der Waals surface area contributed by atoms with Crippen LogP contribution in [0.5, 0.6) is 17.2 Å². The number of methoxy groups -OCH3 is 2. The van der Waals surface area contributed by atoms with E-state index in [9.17, 15) is 13.2 Å². The molecule has 0 N–H and O–H groups in total. The summed E-state index contributed by atoms with van der Waals surface area (Å²) in [5.74, 6) is 1.60. The van der Waals surface area contributed by atoms with Crippen molar-refractivity contribution in [3.63, 3.8) is 0 Å². The lowest BCUT2D eigenvalue weighted by Gasteiger charge is -2.19. The Morgan fingerprint density at radius 1 is 0.900 bits per heavy atom. The summed E-state index contributed by atoms with van der Waals surface area (Å²) in [6.07, 6.45) is 1.16. The molecule has 0 saturated heterocycles. The number of benzene rings is 2. The second-order valence-corrected chi connectivity index (χ2v) is 8.98. The van der Waals surface area contributed by atoms with Crippen molar-refractivity contribution in [2.75, 3.05) is 41.2 Å². The van der Waals surface area contributed by atoms with Crippen LogP contribution in [-0.2, 0) is 27.9 Å². The van der Waals surface area contributed by atoms with E-state index >= 15 is 0 Å². The van der Waals surface area contributed by atoms with Crippen LogP contribution < -0.4 is 14.2 Å². The Hall–Kier alpha value is -2.78. The second-order valence-electron chi connectivity index (χ2n) is 6.89. The van der Waals surface area contributed by atoms with E-state index in [4.69, 9.17) is 14.2 Å². The maximum Gasteiger partial charge on any atom is 0.260 e. The predicted octanol–water partition coefficient (Wildman–Crippen LogP) is 2.13. The van der Waals surface area contributed by atoms with E-state index in [1.54, 1.807) is 56.5 Å². The van der Waals surface area contributed by atoms with Gasteiger partial charge in [-0.2, -0.15) is 0 Å². The van der Waals surface area contributed by atoms with Crippen molar-refractivity contribution in [3.05, 3.63) is 53.6 Å². The van der Waals surface area contributed by atoms with Crippen molar-refractivity contribution in [2.24, 2.45) is 0 Å². The fraction of sp³-hybridized carbons (Fsp3) is 0.381. The molecule has 0 atom stereocenters. The maximum atomic E-state index is 12.4. The van der Waals surface area contributed by atoms with Gasteiger partial charge in [0, 0.05) is 27.2 Å². The van der Waals surface area contributed by atoms with Gasteiger partial charge in [-0.1, -0.05) is 18.2 Å². The molecule has 0 aliphatic heterocycles. The third kappa shape index (κ3) is 6.64. The highest BCUT2D eigenvalue weighted by Gasteiger charge is 2.13. The number of nitrogens with zero attached hydrogens (tertiary/aromatic N) is 2. The molecule has 2 aromatic carbocycles. The lowest BCUT2D eigenvalue weighted by atomic mass is 10.2. The van der Waals surface area contributed by atoms with Gasteiger partial charge in [-0.3, -0.25) is 4.79 Å². The molecular formula is C21H28N2O6S. The van der Waals surface area contributed by atoms with Crippen LogP contribution in [0.4, 0.5) is 0 Å². The summed E-state index contributed by atoms with van der Waals surface area (Å²) >= 11 is 0. The minimum Gasteiger partial charge on any atom is -0.493 e. The van der Waals surface area contributed by atoms with E-state index in [2.05, 4.69) is 0 Å². The average Bonchev–Trinajstić information content (AvgIpc) is 2.72. The van der Waals surface area contributed by atoms with Crippen LogP contribution in [0.1, 0.15) is 11.1 Å². The van der Waals surface area contributed by atoms with Gasteiger partial charge < -0.3 is 19.1 Å². The van der Waals surface area contributed by atoms with Crippen molar-refractivity contribution in [1.29, 1.82) is 0 Å². The number of carbonyl (C=O) groups is 1. The average molecular weight is 437 g/mol. The standard InChI is InChI=1S/C21H28N2O6S/c1-22(13-17-8-11-19(27-3)20(12-17)28-4)21(24)15-29-18-9-6-16(7-10-18)14-23(2)30(5,25)26/h6-12H,13-15H2,1-5H3. The fourth-order valence-corrected chi connectivity index (χ4v) is 3.05. The molecule has 0 bridgehead atoms. The lowest BCUT2D eigenvalue weighted by Crippen LogP contribution is -2.31. The zero-order valence-corrected chi connectivity index (χ0v) is 18.7. The molecule has 0 radical (unpaired) electrons. The summed E-state index contributed by atoms with van der Waals surface area (Å²) in [7, 11) is 3.12. The van der Waals surface area contributed by atoms with Crippen LogP contribution in [0.15, 0.2) is 42.5 Å². The monoisotopic (exact) mass is 436 g/mol. The Balaban J connectivity index is 1.89. The van der Waals surface area contributed by atoms with Crippen molar-refractivity contribution in [1.82, 2.24) is 9.21 Å². The quantitative estimate of drug-likeness (QED) is 0.567. The minimum absolute atomic E-state index is 0.105. The van der Waals surface area contributed by atoms with Gasteiger partial charge in [0.15, 0.2) is 18.1 Å². The summed E-state index contributed by atoms with van der Waals surface area (Å²) in [5.41, 5.74) is 1.73. The highest BCUT2D eigenvalue weighted by molar-refractivity contribution is 7.88. The Bertz CT molecular complexity index is 960. The third-order valence-corrected chi connectivity index (χ3v) is 5.81. The van der Waals surface area contributed by atoms with E-state index in [1.807, 2.05) is 12.1 Å². The first-order chi connectivity index (χ1) is 14.1. The SMILES string of the molecule is COc1ccc(CN(C)C(=O)COc2ccc(CN(C)S(C)(=O)=O)cc2)cc1OC. The van der Waals surface area contributed by atoms with Crippen LogP contribution in [0, 0.1) is 0 Å². The van der Waals surface area contributed by atoms with E-state index in [0.717, 1.165) is 17.4 Å². The minimum atomic E-state index is -3.24. The Morgan fingerprint density at radius 3 is 2.07 bits per heavy atom. The number of amides is 1. The zero-order chi connectivity index (χ0) is 22.3. The number of carbonyl (C=O) groups excluding carboxylic acids is 1. The van der Waals surface area contributed by atoms with Crippen LogP contribution in [0.3, 0.4) is 0 Å². The first kappa shape index (κ1) is 23.5. The fourth-order valence-electron chi connectivity index (χ4n) is 2.66. The normalized spacial score (nSPS) is 11.3. The van der Waals surface area contributed by atoms with Gasteiger partial charge in [0.2, 0.25) is 10.0 Å². The predicted molar refractivity (Wildman–Crippen MR) is 114 cm³/mol. The van der Waals surface area contributed by atoms with Crippen molar-refractivity contribution >= 4 is 15.9 Å². The molecule has 0 aliphatic rings. The van der Waals surface area contributed by atoms with Gasteiger partial charge in [-0.15, -0.1) is 0 Å². The van der Waals surface area contributed by atoms with Crippen molar-refractivity contribution in [3.8, 4) is 17.2 Å². The second kappa shape index (κ2) is 10.3. The Kier molecular flexibility index (Phi) is 8.08. The molecule has 0 unspecified atom stereocenters. The lowest BCUT2D eigenvalue weighted by molar-refractivity contribution is -0.132. The zero-order valence-electron chi connectivity index (χ0n) is 17.9. The number of rotatable bonds is 10. The van der Waals surface area contributed by atoms with E-state index in [-0.39, 0.29) is 19.1 Å². The van der Waals surface area contributed by atoms with Crippen LogP contribution >= 0.6 is 0 Å². The van der Waals surface area contributed by atoms with Crippen molar-refractivity contribution < 1.29 is 27.4 Å². The molecule has 0 saturated carbocycles. The number of hydrogen-bond acceptors (Lipinski definition) is 6. The topological polar surface area (TPSA) is 85.4 Å². The third-order valence-electron chi connectivity index (χ3n) is 4.55. The first-order valence-corrected chi connectivity index (χ1v) is 11.1. The molecule has 0 spiro atoms. The van der Waals surface area contributed by atoms with Gasteiger partial charge in [0.1, 0.15) is 5.75 Å². The number of sulfonamides is 1. The molecule has 30 heavy (non-hydrogen) atoms. The number of ether oxygens (including phenoxy) is 3. The molecule has 0 fully saturated rings. The highest BCUT2D eigenvalue weighted by Crippen LogP contribution is 2.28. The number of hydrogen-bond donors (Lipinski definition) is 0. The van der Waals surface area contributed by atoms with Gasteiger partial charge in [-0.05, 0) is 35.4 Å². The Morgan fingerprint density at radius 2 is 1.50 bits per heavy atom. The molecular weight excluding hydrogens is 408 g/mol. The largest absolute Gasteiger partial charge is 0.493 e. The van der Waals surface area contributed by atoms with Gasteiger partial charge in [-0.25, -0.2) is 12.7 Å². The molecule has 0 heterocycles. The van der Waals surface area contributed by atoms with E-state index in [1.165, 1.54) is 11.4 Å². The molecule has 2 aromatic rings. The summed E-state index contributed by atoms with van der Waals surface area (Å²) in [6.45, 7) is 0.567. The van der Waals surface area contributed by atoms with Crippen LogP contribution in [0.25, 0.3) is 0 Å². The molecule has 164 valence electrons. The highest BCUT2D eigenvalue weighted by atomic mass is 32.2. The molecule has 2 rings (SSSR count). The van der Waals surface area contributed by atoms with Gasteiger partial charge in [0.05, 0.1) is 20.5 Å². The van der Waals surface area contributed by atoms with Crippen LogP contribution in [0.2, 0.25) is 0 Å². The molecule has 9 heteroatoms. The van der Waals surface area contributed by atoms with Crippen molar-refractivity contribution in [2.45, 2.75) is 13.1 Å². The van der Waals surface area contributed by atoms with E-state index in [0.29, 0.717) is 23.8 Å². The summed E-state index contributed by atoms with van der Waals surface area (Å²) in [6, 6.07) is 12.5. The smallest absolute Gasteiger partial charge is 0.260 e. The summed E-state index contributed by atoms with van der Waals surface area (Å²) < 4.78 is 40.3. The molecule has 0 aliphatic carbocycles. The van der Waals surface area contributed by atoms with E-state index < -0.39 is 10.0 Å². The number of likely N-dealkylation sites (N-methyl/N-ethyl adjacent to an activating group) is 1. The summed E-state index contributed by atoms with van der Waals surface area (Å²) in [4.78, 5) is 14.0. The molecule has 0 aromatic heterocycles.